The fourth-order valence-corrected chi connectivity index (χ4v) is 2.35. The van der Waals surface area contributed by atoms with Crippen LogP contribution in [0.3, 0.4) is 0 Å². The zero-order chi connectivity index (χ0) is 16.9. The quantitative estimate of drug-likeness (QED) is 0.749. The number of benzene rings is 2. The highest BCUT2D eigenvalue weighted by Crippen LogP contribution is 2.18. The van der Waals surface area contributed by atoms with Crippen molar-refractivity contribution in [1.82, 2.24) is 0 Å². The van der Waals surface area contributed by atoms with Crippen LogP contribution >= 0.6 is 0 Å². The molecule has 1 unspecified atom stereocenters. The molecule has 0 aromatic heterocycles. The van der Waals surface area contributed by atoms with Crippen molar-refractivity contribution in [3.8, 4) is 0 Å². The van der Waals surface area contributed by atoms with Crippen molar-refractivity contribution < 1.29 is 14.3 Å². The Morgan fingerprint density at radius 1 is 1.04 bits per heavy atom. The summed E-state index contributed by atoms with van der Waals surface area (Å²) in [6, 6.07) is 16.7. The van der Waals surface area contributed by atoms with Gasteiger partial charge in [-0.3, -0.25) is 4.79 Å². The molecule has 2 aromatic rings. The average molecular weight is 316 g/mol. The van der Waals surface area contributed by atoms with Gasteiger partial charge < -0.3 is 9.47 Å². The fourth-order valence-electron chi connectivity index (χ4n) is 2.35. The largest absolute Gasteiger partial charge is 0.462 e. The van der Waals surface area contributed by atoms with E-state index >= 15 is 0 Å². The standard InChI is InChI=1S/C10H8.C8H14O2.C2H6O/c1-2-6-10-8-4-3-7-9(10)5-1;1-2-3-4-7-5-6-8(9)10-7;1-3-2/h1-8H;7H,2-6H2,1H3;1-2H3. The summed E-state index contributed by atoms with van der Waals surface area (Å²) in [7, 11) is 3.25. The number of fused-ring (bicyclic) bond motifs is 1. The molecule has 2 aromatic carbocycles. The highest BCUT2D eigenvalue weighted by Gasteiger charge is 2.21. The molecule has 0 radical (unpaired) electrons. The normalized spacial score (nSPS) is 16.0. The van der Waals surface area contributed by atoms with E-state index in [1.807, 2.05) is 0 Å². The lowest BCUT2D eigenvalue weighted by atomic mass is 10.1. The van der Waals surface area contributed by atoms with Crippen LogP contribution in [0.25, 0.3) is 10.8 Å². The smallest absolute Gasteiger partial charge is 0.306 e. The number of methoxy groups -OCH3 is 1. The minimum Gasteiger partial charge on any atom is -0.462 e. The van der Waals surface area contributed by atoms with Gasteiger partial charge in [0, 0.05) is 20.6 Å². The van der Waals surface area contributed by atoms with Crippen molar-refractivity contribution in [3.63, 3.8) is 0 Å². The number of unbranched alkanes of at least 4 members (excludes halogenated alkanes) is 1. The Hall–Kier alpha value is -1.87. The van der Waals surface area contributed by atoms with E-state index in [4.69, 9.17) is 4.74 Å². The Morgan fingerprint density at radius 2 is 1.52 bits per heavy atom. The van der Waals surface area contributed by atoms with Gasteiger partial charge in [0.1, 0.15) is 6.10 Å². The highest BCUT2D eigenvalue weighted by molar-refractivity contribution is 5.82. The van der Waals surface area contributed by atoms with Crippen LogP contribution in [-0.2, 0) is 14.3 Å². The molecule has 0 amide bonds. The van der Waals surface area contributed by atoms with Crippen molar-refractivity contribution in [2.24, 2.45) is 0 Å². The van der Waals surface area contributed by atoms with Gasteiger partial charge in [-0.05, 0) is 23.6 Å². The molecule has 126 valence electrons. The van der Waals surface area contributed by atoms with E-state index in [1.54, 1.807) is 14.2 Å². The number of esters is 1. The van der Waals surface area contributed by atoms with Crippen LogP contribution in [0.5, 0.6) is 0 Å². The molecule has 1 heterocycles. The maximum absolute atomic E-state index is 10.6. The van der Waals surface area contributed by atoms with Gasteiger partial charge >= 0.3 is 5.97 Å². The van der Waals surface area contributed by atoms with Gasteiger partial charge in [-0.25, -0.2) is 0 Å². The minimum absolute atomic E-state index is 0.0129. The molecule has 1 atom stereocenters. The predicted molar refractivity (Wildman–Crippen MR) is 95.5 cm³/mol. The summed E-state index contributed by atoms with van der Waals surface area (Å²) in [5.41, 5.74) is 0. The van der Waals surface area contributed by atoms with E-state index < -0.39 is 0 Å². The molecule has 1 fully saturated rings. The first-order valence-corrected chi connectivity index (χ1v) is 8.24. The first kappa shape index (κ1) is 19.2. The second kappa shape index (κ2) is 11.7. The molecular formula is C20H28O3. The summed E-state index contributed by atoms with van der Waals surface area (Å²) in [5, 5.41) is 2.62. The van der Waals surface area contributed by atoms with Crippen molar-refractivity contribution in [1.29, 1.82) is 0 Å². The molecule has 1 aliphatic heterocycles. The molecule has 1 aliphatic rings. The maximum atomic E-state index is 10.6. The van der Waals surface area contributed by atoms with Gasteiger partial charge in [0.05, 0.1) is 0 Å². The van der Waals surface area contributed by atoms with Gasteiger partial charge in [0.25, 0.3) is 0 Å². The maximum Gasteiger partial charge on any atom is 0.306 e. The summed E-state index contributed by atoms with van der Waals surface area (Å²) < 4.78 is 9.27. The molecule has 3 nitrogen and oxygen atoms in total. The van der Waals surface area contributed by atoms with Crippen molar-refractivity contribution in [2.45, 2.75) is 45.1 Å². The summed E-state index contributed by atoms with van der Waals surface area (Å²) in [6.45, 7) is 2.15. The number of hydrogen-bond acceptors (Lipinski definition) is 3. The molecule has 0 bridgehead atoms. The molecule has 3 heteroatoms. The SMILES string of the molecule is CCCCC1CCC(=O)O1.COC.c1ccc2ccccc2c1. The Kier molecular flexibility index (Phi) is 9.73. The summed E-state index contributed by atoms with van der Waals surface area (Å²) >= 11 is 0. The lowest BCUT2D eigenvalue weighted by Crippen LogP contribution is -2.05. The van der Waals surface area contributed by atoms with E-state index in [2.05, 4.69) is 60.2 Å². The number of carbonyl (C=O) groups excluding carboxylic acids is 1. The van der Waals surface area contributed by atoms with Crippen molar-refractivity contribution in [3.05, 3.63) is 48.5 Å². The van der Waals surface area contributed by atoms with E-state index in [1.165, 1.54) is 23.6 Å². The molecule has 23 heavy (non-hydrogen) atoms. The van der Waals surface area contributed by atoms with Crippen molar-refractivity contribution >= 4 is 16.7 Å². The number of ether oxygens (including phenoxy) is 2. The Balaban J connectivity index is 0.000000197. The van der Waals surface area contributed by atoms with Crippen LogP contribution in [0.4, 0.5) is 0 Å². The van der Waals surface area contributed by atoms with Crippen LogP contribution in [0.2, 0.25) is 0 Å². The van der Waals surface area contributed by atoms with Crippen LogP contribution in [0, 0.1) is 0 Å². The second-order valence-electron chi connectivity index (χ2n) is 5.55. The average Bonchev–Trinajstić information content (AvgIpc) is 3.00. The monoisotopic (exact) mass is 316 g/mol. The van der Waals surface area contributed by atoms with Gasteiger partial charge in [-0.2, -0.15) is 0 Å². The number of carbonyl (C=O) groups is 1. The lowest BCUT2D eigenvalue weighted by molar-refractivity contribution is -0.141. The number of cyclic esters (lactones) is 1. The predicted octanol–water partition coefficient (Wildman–Crippen LogP) is 4.98. The van der Waals surface area contributed by atoms with Crippen LogP contribution in [0.15, 0.2) is 48.5 Å². The van der Waals surface area contributed by atoms with Crippen LogP contribution < -0.4 is 0 Å². The molecule has 0 N–H and O–H groups in total. The van der Waals surface area contributed by atoms with E-state index in [0.717, 1.165) is 12.8 Å². The zero-order valence-corrected chi connectivity index (χ0v) is 14.5. The topological polar surface area (TPSA) is 35.5 Å². The first-order valence-electron chi connectivity index (χ1n) is 8.24. The van der Waals surface area contributed by atoms with Crippen LogP contribution in [0.1, 0.15) is 39.0 Å². The second-order valence-corrected chi connectivity index (χ2v) is 5.55. The Labute approximate surface area is 139 Å². The summed E-state index contributed by atoms with van der Waals surface area (Å²) in [6.07, 6.45) is 5.24. The number of rotatable bonds is 3. The zero-order valence-electron chi connectivity index (χ0n) is 14.5. The summed E-state index contributed by atoms with van der Waals surface area (Å²) in [5.74, 6) is -0.0129. The minimum atomic E-state index is -0.0129. The molecule has 3 rings (SSSR count). The van der Waals surface area contributed by atoms with Gasteiger partial charge in [0.2, 0.25) is 0 Å². The summed E-state index contributed by atoms with van der Waals surface area (Å²) in [4.78, 5) is 10.6. The van der Waals surface area contributed by atoms with Gasteiger partial charge in [-0.1, -0.05) is 68.3 Å². The molecule has 0 aliphatic carbocycles. The first-order chi connectivity index (χ1) is 11.2. The van der Waals surface area contributed by atoms with Gasteiger partial charge in [0.15, 0.2) is 0 Å². The highest BCUT2D eigenvalue weighted by atomic mass is 16.5. The van der Waals surface area contributed by atoms with E-state index in [-0.39, 0.29) is 12.1 Å². The Morgan fingerprint density at radius 3 is 1.87 bits per heavy atom. The van der Waals surface area contributed by atoms with E-state index in [0.29, 0.717) is 6.42 Å². The molecule has 0 spiro atoms. The third-order valence-corrected chi connectivity index (χ3v) is 3.51. The third kappa shape index (κ3) is 7.80. The fraction of sp³-hybridized carbons (Fsp3) is 0.450. The van der Waals surface area contributed by atoms with E-state index in [9.17, 15) is 4.79 Å². The Bertz CT molecular complexity index is 500. The molecule has 0 saturated carbocycles. The number of hydrogen-bond donors (Lipinski definition) is 0. The van der Waals surface area contributed by atoms with Crippen molar-refractivity contribution in [2.75, 3.05) is 14.2 Å². The van der Waals surface area contributed by atoms with Gasteiger partial charge in [-0.15, -0.1) is 0 Å². The third-order valence-electron chi connectivity index (χ3n) is 3.51. The van der Waals surface area contributed by atoms with Crippen LogP contribution in [-0.4, -0.2) is 26.3 Å². The molecular weight excluding hydrogens is 288 g/mol. The lowest BCUT2D eigenvalue weighted by Gasteiger charge is -2.06. The molecule has 1 saturated heterocycles.